The molecule has 126 valence electrons. The van der Waals surface area contributed by atoms with E-state index in [4.69, 9.17) is 9.47 Å². The molecule has 0 bridgehead atoms. The van der Waals surface area contributed by atoms with Crippen molar-refractivity contribution in [1.82, 2.24) is 0 Å². The average Bonchev–Trinajstić information content (AvgIpc) is 3.43. The van der Waals surface area contributed by atoms with E-state index in [9.17, 15) is 4.79 Å². The maximum Gasteiger partial charge on any atom is 0.259 e. The van der Waals surface area contributed by atoms with Crippen LogP contribution in [0.3, 0.4) is 0 Å². The summed E-state index contributed by atoms with van der Waals surface area (Å²) in [6.07, 6.45) is 2.42. The Kier molecular flexibility index (Phi) is 2.99. The van der Waals surface area contributed by atoms with E-state index < -0.39 is 0 Å². The van der Waals surface area contributed by atoms with Crippen LogP contribution < -0.4 is 14.4 Å². The van der Waals surface area contributed by atoms with Crippen LogP contribution in [0.15, 0.2) is 36.4 Å². The molecule has 0 aromatic heterocycles. The van der Waals surface area contributed by atoms with Gasteiger partial charge >= 0.3 is 0 Å². The van der Waals surface area contributed by atoms with Crippen LogP contribution in [-0.4, -0.2) is 26.7 Å². The third-order valence-corrected chi connectivity index (χ3v) is 5.35. The quantitative estimate of drug-likeness (QED) is 0.665. The third-order valence-electron chi connectivity index (χ3n) is 5.35. The first-order valence-electron chi connectivity index (χ1n) is 8.65. The fraction of sp³-hybridized carbons (Fsp3) is 0.286. The highest BCUT2D eigenvalue weighted by Crippen LogP contribution is 2.50. The fourth-order valence-corrected chi connectivity index (χ4v) is 3.96. The summed E-state index contributed by atoms with van der Waals surface area (Å²) in [4.78, 5) is 15.1. The molecule has 1 amide bonds. The second-order valence-electron chi connectivity index (χ2n) is 6.89. The molecule has 1 saturated carbocycles. The van der Waals surface area contributed by atoms with Crippen LogP contribution >= 0.6 is 0 Å². The molecule has 3 aromatic carbocycles. The number of methoxy groups -OCH3 is 2. The van der Waals surface area contributed by atoms with Crippen LogP contribution in [0.1, 0.15) is 23.2 Å². The Morgan fingerprint density at radius 3 is 2.60 bits per heavy atom. The summed E-state index contributed by atoms with van der Waals surface area (Å²) in [5.41, 5.74) is 1.72. The Bertz CT molecular complexity index is 1040. The Morgan fingerprint density at radius 2 is 1.88 bits per heavy atom. The number of nitrogens with zero attached hydrogens (tertiary/aromatic N) is 1. The molecule has 5 rings (SSSR count). The van der Waals surface area contributed by atoms with Crippen molar-refractivity contribution in [1.29, 1.82) is 0 Å². The molecule has 0 atom stereocenters. The Morgan fingerprint density at radius 1 is 1.08 bits per heavy atom. The van der Waals surface area contributed by atoms with Gasteiger partial charge in [-0.05, 0) is 41.7 Å². The minimum Gasteiger partial charge on any atom is -0.493 e. The van der Waals surface area contributed by atoms with Gasteiger partial charge in [0, 0.05) is 17.3 Å². The Balaban J connectivity index is 1.92. The summed E-state index contributed by atoms with van der Waals surface area (Å²) in [5, 5.41) is 4.15. The van der Waals surface area contributed by atoms with E-state index in [0.29, 0.717) is 23.0 Å². The maximum atomic E-state index is 13.1. The van der Waals surface area contributed by atoms with Crippen LogP contribution in [0.2, 0.25) is 0 Å². The number of hydrogen-bond donors (Lipinski definition) is 0. The molecule has 3 aromatic rings. The van der Waals surface area contributed by atoms with Gasteiger partial charge < -0.3 is 14.4 Å². The lowest BCUT2D eigenvalue weighted by atomic mass is 9.97. The van der Waals surface area contributed by atoms with Crippen molar-refractivity contribution in [3.05, 3.63) is 42.0 Å². The molecule has 0 N–H and O–H groups in total. The number of ether oxygens (including phenoxy) is 2. The van der Waals surface area contributed by atoms with Crippen LogP contribution in [-0.2, 0) is 0 Å². The third kappa shape index (κ3) is 1.97. The average molecular weight is 333 g/mol. The van der Waals surface area contributed by atoms with Crippen LogP contribution in [0, 0.1) is 5.92 Å². The van der Waals surface area contributed by atoms with Crippen molar-refractivity contribution in [2.24, 2.45) is 5.92 Å². The number of hydrogen-bond acceptors (Lipinski definition) is 3. The van der Waals surface area contributed by atoms with Gasteiger partial charge in [-0.25, -0.2) is 0 Å². The number of carbonyl (C=O) groups is 1. The molecule has 4 heteroatoms. The van der Waals surface area contributed by atoms with Gasteiger partial charge in [-0.1, -0.05) is 24.3 Å². The number of benzene rings is 3. The minimum atomic E-state index is 0.0724. The molecule has 0 saturated heterocycles. The van der Waals surface area contributed by atoms with Crippen molar-refractivity contribution >= 4 is 33.1 Å². The predicted octanol–water partition coefficient (Wildman–Crippen LogP) is 4.38. The fourth-order valence-electron chi connectivity index (χ4n) is 3.96. The molecule has 2 aliphatic rings. The van der Waals surface area contributed by atoms with E-state index in [1.807, 2.05) is 23.1 Å². The largest absolute Gasteiger partial charge is 0.493 e. The van der Waals surface area contributed by atoms with Crippen molar-refractivity contribution in [3.63, 3.8) is 0 Å². The van der Waals surface area contributed by atoms with Crippen molar-refractivity contribution in [3.8, 4) is 11.5 Å². The first kappa shape index (κ1) is 14.6. The van der Waals surface area contributed by atoms with E-state index >= 15 is 0 Å². The normalized spacial score (nSPS) is 16.1. The van der Waals surface area contributed by atoms with Crippen LogP contribution in [0.25, 0.3) is 21.5 Å². The second kappa shape index (κ2) is 5.12. The monoisotopic (exact) mass is 333 g/mol. The van der Waals surface area contributed by atoms with E-state index in [2.05, 4.69) is 18.2 Å². The summed E-state index contributed by atoms with van der Waals surface area (Å²) in [6, 6.07) is 12.2. The van der Waals surface area contributed by atoms with E-state index in [0.717, 1.165) is 33.8 Å². The molecular formula is C21H19NO3. The lowest BCUT2D eigenvalue weighted by Crippen LogP contribution is -2.28. The number of fused-ring (bicyclic) bond motifs is 2. The number of carbonyl (C=O) groups excluding carboxylic acids is 1. The van der Waals surface area contributed by atoms with Crippen LogP contribution in [0.4, 0.5) is 5.69 Å². The highest BCUT2D eigenvalue weighted by Gasteiger charge is 2.36. The first-order chi connectivity index (χ1) is 12.2. The van der Waals surface area contributed by atoms with Gasteiger partial charge in [-0.2, -0.15) is 0 Å². The van der Waals surface area contributed by atoms with E-state index in [1.165, 1.54) is 12.8 Å². The van der Waals surface area contributed by atoms with Crippen molar-refractivity contribution in [2.75, 3.05) is 25.7 Å². The predicted molar refractivity (Wildman–Crippen MR) is 99.0 cm³/mol. The Hall–Kier alpha value is -2.75. The summed E-state index contributed by atoms with van der Waals surface area (Å²) >= 11 is 0. The molecule has 25 heavy (non-hydrogen) atoms. The lowest BCUT2D eigenvalue weighted by molar-refractivity contribution is 0.0991. The van der Waals surface area contributed by atoms with Crippen LogP contribution in [0.5, 0.6) is 11.5 Å². The van der Waals surface area contributed by atoms with Gasteiger partial charge in [-0.15, -0.1) is 0 Å². The van der Waals surface area contributed by atoms with Gasteiger partial charge in [0.2, 0.25) is 0 Å². The zero-order chi connectivity index (χ0) is 17.1. The lowest BCUT2D eigenvalue weighted by Gasteiger charge is -2.18. The number of anilines is 1. The maximum absolute atomic E-state index is 13.1. The zero-order valence-electron chi connectivity index (χ0n) is 14.3. The molecular weight excluding hydrogens is 314 g/mol. The number of rotatable bonds is 4. The van der Waals surface area contributed by atoms with Gasteiger partial charge in [0.15, 0.2) is 11.5 Å². The summed E-state index contributed by atoms with van der Waals surface area (Å²) in [5.74, 6) is 2.00. The number of amides is 1. The van der Waals surface area contributed by atoms with E-state index in [1.54, 1.807) is 14.2 Å². The van der Waals surface area contributed by atoms with Gasteiger partial charge in [0.1, 0.15) is 0 Å². The van der Waals surface area contributed by atoms with Crippen molar-refractivity contribution in [2.45, 2.75) is 12.8 Å². The molecule has 0 unspecified atom stereocenters. The smallest absolute Gasteiger partial charge is 0.259 e. The molecule has 1 aliphatic carbocycles. The highest BCUT2D eigenvalue weighted by molar-refractivity contribution is 6.31. The second-order valence-corrected chi connectivity index (χ2v) is 6.89. The summed E-state index contributed by atoms with van der Waals surface area (Å²) in [7, 11) is 3.27. The minimum absolute atomic E-state index is 0.0724. The Labute approximate surface area is 145 Å². The summed E-state index contributed by atoms with van der Waals surface area (Å²) < 4.78 is 11.2. The molecule has 4 nitrogen and oxygen atoms in total. The standard InChI is InChI=1S/C21H19NO3/c1-24-17-10-15-18-16(22(21(15)23)11-12-7-8-12)9-13-5-3-4-6-14(13)19(18)20(17)25-2/h3-6,9-10,12H,7-8,11H2,1-2H3. The SMILES string of the molecule is COc1cc2c3c(cc4ccccc4c3c1OC)N(CC1CC1)C2=O. The first-order valence-corrected chi connectivity index (χ1v) is 8.65. The molecule has 0 radical (unpaired) electrons. The molecule has 0 spiro atoms. The topological polar surface area (TPSA) is 38.8 Å². The van der Waals surface area contributed by atoms with Crippen molar-refractivity contribution < 1.29 is 14.3 Å². The van der Waals surface area contributed by atoms with Gasteiger partial charge in [0.25, 0.3) is 5.91 Å². The molecule has 1 aliphatic heterocycles. The van der Waals surface area contributed by atoms with Gasteiger partial charge in [0.05, 0.1) is 25.5 Å². The molecule has 1 heterocycles. The van der Waals surface area contributed by atoms with E-state index in [-0.39, 0.29) is 5.91 Å². The van der Waals surface area contributed by atoms with Gasteiger partial charge in [-0.3, -0.25) is 4.79 Å². The zero-order valence-corrected chi connectivity index (χ0v) is 14.3. The highest BCUT2D eigenvalue weighted by atomic mass is 16.5. The molecule has 1 fully saturated rings. The summed E-state index contributed by atoms with van der Waals surface area (Å²) in [6.45, 7) is 0.797.